The van der Waals surface area contributed by atoms with Gasteiger partial charge in [0.15, 0.2) is 0 Å². The number of amides is 1. The molecule has 9 nitrogen and oxygen atoms in total. The fourth-order valence-corrected chi connectivity index (χ4v) is 4.18. The summed E-state index contributed by atoms with van der Waals surface area (Å²) in [7, 11) is 2.46. The van der Waals surface area contributed by atoms with Crippen LogP contribution in [0.1, 0.15) is 32.6 Å². The first-order chi connectivity index (χ1) is 17.7. The summed E-state index contributed by atoms with van der Waals surface area (Å²) in [5, 5.41) is 23.4. The molecule has 0 spiro atoms. The van der Waals surface area contributed by atoms with Crippen LogP contribution in [-0.2, 0) is 38.5 Å². The van der Waals surface area contributed by atoms with E-state index in [1.165, 1.54) is 32.4 Å². The number of esters is 2. The minimum absolute atomic E-state index is 0.0314. The first-order valence-corrected chi connectivity index (χ1v) is 12.0. The largest absolute Gasteiger partial charge is 0.508 e. The molecule has 1 amide bonds. The van der Waals surface area contributed by atoms with E-state index in [-0.39, 0.29) is 36.5 Å². The second-order valence-electron chi connectivity index (χ2n) is 8.08. The van der Waals surface area contributed by atoms with Gasteiger partial charge in [-0.25, -0.2) is 14.4 Å². The highest BCUT2D eigenvalue weighted by Gasteiger charge is 2.24. The molecule has 0 unspecified atom stereocenters. The maximum atomic E-state index is 12.4. The van der Waals surface area contributed by atoms with Crippen LogP contribution < -0.4 is 5.32 Å². The third-order valence-corrected chi connectivity index (χ3v) is 6.12. The van der Waals surface area contributed by atoms with Crippen LogP contribution in [0.25, 0.3) is 0 Å². The van der Waals surface area contributed by atoms with Crippen molar-refractivity contribution in [2.24, 2.45) is 0 Å². The zero-order valence-corrected chi connectivity index (χ0v) is 21.8. The van der Waals surface area contributed by atoms with Gasteiger partial charge in [0.2, 0.25) is 0 Å². The van der Waals surface area contributed by atoms with E-state index in [9.17, 15) is 24.6 Å². The van der Waals surface area contributed by atoms with Crippen molar-refractivity contribution in [1.82, 2.24) is 5.32 Å². The molecule has 0 radical (unpaired) electrons. The number of phenols is 2. The Kier molecular flexibility index (Phi) is 9.51. The van der Waals surface area contributed by atoms with Crippen molar-refractivity contribution in [3.8, 4) is 11.5 Å². The Morgan fingerprint density at radius 1 is 0.919 bits per heavy atom. The average Bonchev–Trinajstić information content (AvgIpc) is 2.90. The summed E-state index contributed by atoms with van der Waals surface area (Å²) in [4.78, 5) is 36.6. The fourth-order valence-electron chi connectivity index (χ4n) is 3.63. The highest BCUT2D eigenvalue weighted by molar-refractivity contribution is 9.10. The molecule has 0 heterocycles. The molecule has 10 heteroatoms. The Labute approximate surface area is 222 Å². The van der Waals surface area contributed by atoms with Gasteiger partial charge in [0, 0.05) is 12.8 Å². The number of carbonyl (C=O) groups is 3. The van der Waals surface area contributed by atoms with Gasteiger partial charge >= 0.3 is 18.0 Å². The standard InChI is InChI=1S/C27H26BrNO8/c1-35-25(32)18-8-9-23(30)19(13-18)14-20-10-17(11-21(28)24(20)31)12-22(26(33)36-2)29-27(34)37-15-16-6-4-3-5-7-16/h3-11,13,22,30-31H,12,14-15H2,1-2H3,(H,29,34)/t22-/m0/s1. The normalized spacial score (nSPS) is 11.3. The summed E-state index contributed by atoms with van der Waals surface area (Å²) in [6.07, 6.45) is -0.681. The zero-order valence-electron chi connectivity index (χ0n) is 20.2. The molecular weight excluding hydrogens is 546 g/mol. The van der Waals surface area contributed by atoms with E-state index in [1.807, 2.05) is 18.2 Å². The van der Waals surface area contributed by atoms with Gasteiger partial charge in [-0.2, -0.15) is 0 Å². The van der Waals surface area contributed by atoms with Crippen LogP contribution in [0.5, 0.6) is 11.5 Å². The highest BCUT2D eigenvalue weighted by atomic mass is 79.9. The first kappa shape index (κ1) is 27.5. The van der Waals surface area contributed by atoms with Gasteiger partial charge in [-0.15, -0.1) is 0 Å². The number of phenolic OH excluding ortho intramolecular Hbond substituents is 2. The summed E-state index contributed by atoms with van der Waals surface area (Å²) in [5.41, 5.74) is 2.42. The molecule has 3 N–H and O–H groups in total. The van der Waals surface area contributed by atoms with Crippen LogP contribution in [-0.4, -0.2) is 48.5 Å². The van der Waals surface area contributed by atoms with Crippen LogP contribution in [0, 0.1) is 0 Å². The highest BCUT2D eigenvalue weighted by Crippen LogP contribution is 2.33. The fraction of sp³-hybridized carbons (Fsp3) is 0.222. The molecule has 3 aromatic carbocycles. The zero-order chi connectivity index (χ0) is 26.9. The molecule has 3 aromatic rings. The minimum atomic E-state index is -1.06. The number of methoxy groups -OCH3 is 2. The number of aromatic hydroxyl groups is 2. The molecule has 194 valence electrons. The molecule has 0 bridgehead atoms. The number of alkyl carbamates (subject to hydrolysis) is 1. The van der Waals surface area contributed by atoms with Crippen LogP contribution in [0.4, 0.5) is 4.79 Å². The van der Waals surface area contributed by atoms with Gasteiger partial charge in [-0.05, 0) is 62.4 Å². The predicted molar refractivity (Wildman–Crippen MR) is 137 cm³/mol. The SMILES string of the molecule is COC(=O)c1ccc(O)c(Cc2cc(C[C@H](NC(=O)OCc3ccccc3)C(=O)OC)cc(Br)c2O)c1. The summed E-state index contributed by atoms with van der Waals surface area (Å²) in [5.74, 6) is -1.38. The molecular formula is C27H26BrNO8. The van der Waals surface area contributed by atoms with Crippen LogP contribution in [0.2, 0.25) is 0 Å². The van der Waals surface area contributed by atoms with Crippen LogP contribution in [0.15, 0.2) is 65.1 Å². The Hall–Kier alpha value is -4.05. The summed E-state index contributed by atoms with van der Waals surface area (Å²) >= 11 is 3.31. The van der Waals surface area contributed by atoms with E-state index in [1.54, 1.807) is 24.3 Å². The second kappa shape index (κ2) is 12.8. The van der Waals surface area contributed by atoms with E-state index in [4.69, 9.17) is 14.2 Å². The van der Waals surface area contributed by atoms with Gasteiger partial charge < -0.3 is 29.7 Å². The molecule has 0 saturated heterocycles. The second-order valence-corrected chi connectivity index (χ2v) is 8.94. The Balaban J connectivity index is 1.79. The lowest BCUT2D eigenvalue weighted by atomic mass is 9.97. The topological polar surface area (TPSA) is 131 Å². The molecule has 0 saturated carbocycles. The van der Waals surface area contributed by atoms with Gasteiger partial charge in [0.05, 0.1) is 24.3 Å². The molecule has 3 rings (SSSR count). The monoisotopic (exact) mass is 571 g/mol. The molecule has 0 aliphatic heterocycles. The van der Waals surface area contributed by atoms with Crippen molar-refractivity contribution in [3.05, 3.63) is 93.0 Å². The maximum Gasteiger partial charge on any atom is 0.408 e. The third kappa shape index (κ3) is 7.47. The predicted octanol–water partition coefficient (Wildman–Crippen LogP) is 4.25. The third-order valence-electron chi connectivity index (χ3n) is 5.51. The number of carbonyl (C=O) groups excluding carboxylic acids is 3. The van der Waals surface area contributed by atoms with E-state index < -0.39 is 24.1 Å². The van der Waals surface area contributed by atoms with E-state index in [2.05, 4.69) is 21.2 Å². The van der Waals surface area contributed by atoms with E-state index in [0.717, 1.165) is 5.56 Å². The maximum absolute atomic E-state index is 12.4. The average molecular weight is 572 g/mol. The molecule has 0 aliphatic carbocycles. The smallest absolute Gasteiger partial charge is 0.408 e. The minimum Gasteiger partial charge on any atom is -0.508 e. The number of nitrogens with one attached hydrogen (secondary N) is 1. The number of halogens is 1. The van der Waals surface area contributed by atoms with Crippen molar-refractivity contribution < 1.29 is 38.8 Å². The number of ether oxygens (including phenoxy) is 3. The molecule has 0 fully saturated rings. The summed E-state index contributed by atoms with van der Waals surface area (Å²) in [6, 6.07) is 15.6. The number of benzene rings is 3. The lowest BCUT2D eigenvalue weighted by Gasteiger charge is -2.18. The van der Waals surface area contributed by atoms with Gasteiger partial charge in [0.1, 0.15) is 24.1 Å². The van der Waals surface area contributed by atoms with Crippen LogP contribution >= 0.6 is 15.9 Å². The first-order valence-electron chi connectivity index (χ1n) is 11.2. The van der Waals surface area contributed by atoms with Gasteiger partial charge in [-0.3, -0.25) is 0 Å². The Morgan fingerprint density at radius 2 is 1.65 bits per heavy atom. The summed E-state index contributed by atoms with van der Waals surface area (Å²) < 4.78 is 15.1. The quantitative estimate of drug-likeness (QED) is 0.256. The Morgan fingerprint density at radius 3 is 2.32 bits per heavy atom. The number of rotatable bonds is 9. The Bertz CT molecular complexity index is 1280. The number of hydrogen-bond acceptors (Lipinski definition) is 8. The number of hydrogen-bond donors (Lipinski definition) is 3. The van der Waals surface area contributed by atoms with Gasteiger partial charge in [0.25, 0.3) is 0 Å². The molecule has 1 atom stereocenters. The van der Waals surface area contributed by atoms with Crippen LogP contribution in [0.3, 0.4) is 0 Å². The molecule has 37 heavy (non-hydrogen) atoms. The van der Waals surface area contributed by atoms with Gasteiger partial charge in [-0.1, -0.05) is 36.4 Å². The molecule has 0 aliphatic rings. The summed E-state index contributed by atoms with van der Waals surface area (Å²) in [6.45, 7) is 0.0314. The van der Waals surface area contributed by atoms with E-state index in [0.29, 0.717) is 21.2 Å². The van der Waals surface area contributed by atoms with Crippen molar-refractivity contribution >= 4 is 34.0 Å². The van der Waals surface area contributed by atoms with Crippen molar-refractivity contribution in [3.63, 3.8) is 0 Å². The van der Waals surface area contributed by atoms with Crippen molar-refractivity contribution in [1.29, 1.82) is 0 Å². The van der Waals surface area contributed by atoms with E-state index >= 15 is 0 Å². The lowest BCUT2D eigenvalue weighted by molar-refractivity contribution is -0.143. The van der Waals surface area contributed by atoms with Crippen molar-refractivity contribution in [2.75, 3.05) is 14.2 Å². The van der Waals surface area contributed by atoms with Crippen molar-refractivity contribution in [2.45, 2.75) is 25.5 Å². The molecule has 0 aromatic heterocycles. The lowest BCUT2D eigenvalue weighted by Crippen LogP contribution is -2.43.